The molecule has 1 aromatic heterocycles. The van der Waals surface area contributed by atoms with Crippen molar-refractivity contribution in [1.29, 1.82) is 0 Å². The number of nitrogens with one attached hydrogen (secondary N) is 1. The van der Waals surface area contributed by atoms with Gasteiger partial charge in [-0.2, -0.15) is 0 Å². The van der Waals surface area contributed by atoms with Crippen LogP contribution in [-0.2, 0) is 6.42 Å². The van der Waals surface area contributed by atoms with Crippen LogP contribution in [0, 0.1) is 0 Å². The van der Waals surface area contributed by atoms with E-state index in [-0.39, 0.29) is 17.6 Å². The van der Waals surface area contributed by atoms with Crippen molar-refractivity contribution in [3.05, 3.63) is 64.1 Å². The molecule has 0 saturated heterocycles. The summed E-state index contributed by atoms with van der Waals surface area (Å²) in [5, 5.41) is 3.90. The number of carbonyl (C=O) groups excluding carboxylic acids is 1. The van der Waals surface area contributed by atoms with Gasteiger partial charge in [-0.15, -0.1) is 0 Å². The molecule has 2 aromatic carbocycles. The second-order valence-electron chi connectivity index (χ2n) is 8.25. The third-order valence-corrected chi connectivity index (χ3v) is 6.47. The molecule has 0 unspecified atom stereocenters. The first-order valence-corrected chi connectivity index (χ1v) is 11.4. The Labute approximate surface area is 193 Å². The number of aryl methyl sites for hydroxylation is 1. The Morgan fingerprint density at radius 1 is 1.06 bits per heavy atom. The van der Waals surface area contributed by atoms with Crippen LogP contribution in [0.15, 0.2) is 47.4 Å². The quantitative estimate of drug-likeness (QED) is 0.538. The van der Waals surface area contributed by atoms with E-state index in [4.69, 9.17) is 14.2 Å². The van der Waals surface area contributed by atoms with Crippen LogP contribution in [0.1, 0.15) is 56.3 Å². The number of benzene rings is 2. The smallest absolute Gasteiger partial charge is 0.413 e. The lowest BCUT2D eigenvalue weighted by molar-refractivity contribution is 0.196. The minimum atomic E-state index is -0.553. The minimum Gasteiger partial charge on any atom is -0.493 e. The largest absolute Gasteiger partial charge is 0.493 e. The SMILES string of the molecule is CCC(CC)n1cc(OC(=O)N[C@H]2CCc3ccccc32)c2cc(OC)c(OC)cc2c1=O. The molecule has 1 amide bonds. The Morgan fingerprint density at radius 2 is 1.73 bits per heavy atom. The summed E-state index contributed by atoms with van der Waals surface area (Å²) in [7, 11) is 3.05. The summed E-state index contributed by atoms with van der Waals surface area (Å²) in [6.07, 6.45) is 4.38. The fourth-order valence-electron chi connectivity index (χ4n) is 4.67. The van der Waals surface area contributed by atoms with Crippen LogP contribution in [0.5, 0.6) is 17.2 Å². The summed E-state index contributed by atoms with van der Waals surface area (Å²) in [5.74, 6) is 1.21. The van der Waals surface area contributed by atoms with Crippen LogP contribution in [-0.4, -0.2) is 24.9 Å². The maximum atomic E-state index is 13.3. The number of hydrogen-bond acceptors (Lipinski definition) is 5. The van der Waals surface area contributed by atoms with E-state index < -0.39 is 6.09 Å². The molecule has 0 aliphatic heterocycles. The number of hydrogen-bond donors (Lipinski definition) is 1. The number of rotatable bonds is 7. The Morgan fingerprint density at radius 3 is 2.39 bits per heavy atom. The normalized spacial score (nSPS) is 14.9. The van der Waals surface area contributed by atoms with Crippen LogP contribution >= 0.6 is 0 Å². The van der Waals surface area contributed by atoms with Crippen LogP contribution in [0.4, 0.5) is 4.79 Å². The summed E-state index contributed by atoms with van der Waals surface area (Å²) in [6.45, 7) is 4.06. The molecule has 1 atom stereocenters. The molecule has 174 valence electrons. The lowest BCUT2D eigenvalue weighted by atomic mass is 10.1. The summed E-state index contributed by atoms with van der Waals surface area (Å²) in [6, 6.07) is 11.3. The predicted molar refractivity (Wildman–Crippen MR) is 128 cm³/mol. The fourth-order valence-corrected chi connectivity index (χ4v) is 4.67. The first-order valence-electron chi connectivity index (χ1n) is 11.4. The van der Waals surface area contributed by atoms with Gasteiger partial charge in [0.05, 0.1) is 31.8 Å². The van der Waals surface area contributed by atoms with Crippen molar-refractivity contribution in [3.63, 3.8) is 0 Å². The molecule has 0 saturated carbocycles. The zero-order valence-corrected chi connectivity index (χ0v) is 19.5. The zero-order chi connectivity index (χ0) is 23.5. The third-order valence-electron chi connectivity index (χ3n) is 6.47. The van der Waals surface area contributed by atoms with Gasteiger partial charge < -0.3 is 24.1 Å². The van der Waals surface area contributed by atoms with E-state index >= 15 is 0 Å². The molecule has 1 heterocycles. The summed E-state index contributed by atoms with van der Waals surface area (Å²) in [4.78, 5) is 26.2. The molecule has 0 radical (unpaired) electrons. The second kappa shape index (κ2) is 9.57. The van der Waals surface area contributed by atoms with Crippen LogP contribution in [0.25, 0.3) is 10.8 Å². The maximum absolute atomic E-state index is 13.3. The highest BCUT2D eigenvalue weighted by Gasteiger charge is 2.25. The van der Waals surface area contributed by atoms with Crippen molar-refractivity contribution < 1.29 is 19.0 Å². The molecule has 33 heavy (non-hydrogen) atoms. The van der Waals surface area contributed by atoms with Crippen molar-refractivity contribution in [2.24, 2.45) is 0 Å². The fraction of sp³-hybridized carbons (Fsp3) is 0.385. The number of nitrogens with zero attached hydrogens (tertiary/aromatic N) is 1. The average molecular weight is 451 g/mol. The Bertz CT molecular complexity index is 1230. The third kappa shape index (κ3) is 4.27. The predicted octanol–water partition coefficient (Wildman–Crippen LogP) is 5.16. The van der Waals surface area contributed by atoms with E-state index in [1.54, 1.807) is 22.9 Å². The molecule has 7 heteroatoms. The monoisotopic (exact) mass is 450 g/mol. The molecule has 1 aliphatic carbocycles. The van der Waals surface area contributed by atoms with Crippen LogP contribution in [0.2, 0.25) is 0 Å². The van der Waals surface area contributed by atoms with Gasteiger partial charge in [-0.3, -0.25) is 4.79 Å². The summed E-state index contributed by atoms with van der Waals surface area (Å²) in [5.41, 5.74) is 2.21. The number of carbonyl (C=O) groups is 1. The molecule has 0 bridgehead atoms. The van der Waals surface area contributed by atoms with E-state index in [1.165, 1.54) is 19.8 Å². The standard InChI is InChI=1S/C26H30N2O5/c1-5-17(6-2)28-15-24(19-13-22(31-3)23(32-4)14-20(19)25(28)29)33-26(30)27-21-12-11-16-9-7-8-10-18(16)21/h7-10,13-15,17,21H,5-6,11-12H2,1-4H3,(H,27,30)/t21-/m0/s1. The molecule has 3 aromatic rings. The molecule has 0 spiro atoms. The first-order chi connectivity index (χ1) is 16.0. The highest BCUT2D eigenvalue weighted by Crippen LogP contribution is 2.36. The van der Waals surface area contributed by atoms with Gasteiger partial charge in [0.25, 0.3) is 5.56 Å². The van der Waals surface area contributed by atoms with Crippen molar-refractivity contribution in [1.82, 2.24) is 9.88 Å². The number of methoxy groups -OCH3 is 2. The Hall–Kier alpha value is -3.48. The van der Waals surface area contributed by atoms with E-state index in [9.17, 15) is 9.59 Å². The van der Waals surface area contributed by atoms with E-state index in [0.717, 1.165) is 31.2 Å². The Balaban J connectivity index is 1.74. The minimum absolute atomic E-state index is 0.0119. The maximum Gasteiger partial charge on any atom is 0.413 e. The number of pyridine rings is 1. The summed E-state index contributed by atoms with van der Waals surface area (Å²) < 4.78 is 18.3. The number of amides is 1. The average Bonchev–Trinajstić information content (AvgIpc) is 3.24. The molecule has 7 nitrogen and oxygen atoms in total. The molecule has 0 fully saturated rings. The van der Waals surface area contributed by atoms with Gasteiger partial charge >= 0.3 is 6.09 Å². The van der Waals surface area contributed by atoms with E-state index in [2.05, 4.69) is 11.4 Å². The van der Waals surface area contributed by atoms with Gasteiger partial charge in [-0.05, 0) is 48.9 Å². The molecule has 1 N–H and O–H groups in total. The van der Waals surface area contributed by atoms with E-state index in [0.29, 0.717) is 28.0 Å². The molecule has 4 rings (SSSR count). The van der Waals surface area contributed by atoms with Crippen LogP contribution in [0.3, 0.4) is 0 Å². The highest BCUT2D eigenvalue weighted by molar-refractivity contribution is 5.92. The van der Waals surface area contributed by atoms with Crippen molar-refractivity contribution >= 4 is 16.9 Å². The topological polar surface area (TPSA) is 78.8 Å². The highest BCUT2D eigenvalue weighted by atomic mass is 16.6. The van der Waals surface area contributed by atoms with Gasteiger partial charge in [-0.1, -0.05) is 38.1 Å². The van der Waals surface area contributed by atoms with Gasteiger partial charge in [-0.25, -0.2) is 4.79 Å². The number of ether oxygens (including phenoxy) is 3. The van der Waals surface area contributed by atoms with Crippen LogP contribution < -0.4 is 25.1 Å². The van der Waals surface area contributed by atoms with Gasteiger partial charge in [0.15, 0.2) is 17.2 Å². The Kier molecular flexibility index (Phi) is 6.58. The van der Waals surface area contributed by atoms with Crippen molar-refractivity contribution in [2.75, 3.05) is 14.2 Å². The van der Waals surface area contributed by atoms with Crippen molar-refractivity contribution in [3.8, 4) is 17.2 Å². The lowest BCUT2D eigenvalue weighted by Crippen LogP contribution is -2.31. The number of fused-ring (bicyclic) bond motifs is 2. The van der Waals surface area contributed by atoms with Gasteiger partial charge in [0, 0.05) is 11.4 Å². The van der Waals surface area contributed by atoms with Crippen molar-refractivity contribution in [2.45, 2.75) is 51.6 Å². The second-order valence-corrected chi connectivity index (χ2v) is 8.25. The van der Waals surface area contributed by atoms with E-state index in [1.807, 2.05) is 32.0 Å². The zero-order valence-electron chi connectivity index (χ0n) is 19.5. The number of aromatic nitrogens is 1. The molecular formula is C26H30N2O5. The molecular weight excluding hydrogens is 420 g/mol. The van der Waals surface area contributed by atoms with Gasteiger partial charge in [0.2, 0.25) is 0 Å². The molecule has 1 aliphatic rings. The van der Waals surface area contributed by atoms with Gasteiger partial charge in [0.1, 0.15) is 0 Å². The first kappa shape index (κ1) is 22.7. The lowest BCUT2D eigenvalue weighted by Gasteiger charge is -2.20. The summed E-state index contributed by atoms with van der Waals surface area (Å²) >= 11 is 0.